The number of hydrogen-bond acceptors (Lipinski definition) is 5. The first kappa shape index (κ1) is 10.0. The summed E-state index contributed by atoms with van der Waals surface area (Å²) in [6, 6.07) is 0. The first-order chi connectivity index (χ1) is 7.84. The highest BCUT2D eigenvalue weighted by Crippen LogP contribution is 2.35. The number of aliphatic hydroxyl groups is 1. The summed E-state index contributed by atoms with van der Waals surface area (Å²) in [7, 11) is 0. The van der Waals surface area contributed by atoms with Crippen LogP contribution in [0.25, 0.3) is 11.2 Å². The molecule has 1 saturated carbocycles. The Kier molecular flexibility index (Phi) is 2.53. The maximum atomic E-state index is 9.78. The molecule has 0 radical (unpaired) electrons. The van der Waals surface area contributed by atoms with Gasteiger partial charge in [-0.2, -0.15) is 0 Å². The van der Waals surface area contributed by atoms with Gasteiger partial charge in [0.1, 0.15) is 16.9 Å². The van der Waals surface area contributed by atoms with E-state index in [-0.39, 0.29) is 11.4 Å². The summed E-state index contributed by atoms with van der Waals surface area (Å²) >= 11 is 1.62. The average Bonchev–Trinajstić information content (AvgIpc) is 2.89. The third-order valence-corrected chi connectivity index (χ3v) is 4.25. The molecule has 5 nitrogen and oxygen atoms in total. The number of imidazole rings is 1. The Morgan fingerprint density at radius 3 is 3.06 bits per heavy atom. The maximum absolute atomic E-state index is 9.78. The predicted octanol–water partition coefficient (Wildman–Crippen LogP) is 1.36. The van der Waals surface area contributed by atoms with Crippen molar-refractivity contribution in [2.45, 2.75) is 35.6 Å². The average molecular weight is 236 g/mol. The summed E-state index contributed by atoms with van der Waals surface area (Å²) in [5.41, 5.74) is 1.55. The summed E-state index contributed by atoms with van der Waals surface area (Å²) in [5.74, 6) is 0. The lowest BCUT2D eigenvalue weighted by Gasteiger charge is -2.12. The second kappa shape index (κ2) is 4.03. The molecule has 2 aromatic rings. The van der Waals surface area contributed by atoms with E-state index in [1.807, 2.05) is 0 Å². The highest BCUT2D eigenvalue weighted by molar-refractivity contribution is 8.00. The van der Waals surface area contributed by atoms with Crippen molar-refractivity contribution < 1.29 is 5.11 Å². The molecule has 1 aliphatic carbocycles. The van der Waals surface area contributed by atoms with Crippen LogP contribution in [0.4, 0.5) is 0 Å². The summed E-state index contributed by atoms with van der Waals surface area (Å²) in [6.45, 7) is 0. The number of nitrogens with one attached hydrogen (secondary N) is 1. The van der Waals surface area contributed by atoms with Crippen molar-refractivity contribution in [1.82, 2.24) is 19.9 Å². The van der Waals surface area contributed by atoms with Crippen LogP contribution in [0.3, 0.4) is 0 Å². The minimum Gasteiger partial charge on any atom is -0.392 e. The molecule has 1 fully saturated rings. The Morgan fingerprint density at radius 2 is 2.25 bits per heavy atom. The molecule has 0 amide bonds. The van der Waals surface area contributed by atoms with Gasteiger partial charge in [0.2, 0.25) is 0 Å². The maximum Gasteiger partial charge on any atom is 0.181 e. The Morgan fingerprint density at radius 1 is 1.31 bits per heavy atom. The van der Waals surface area contributed by atoms with Crippen LogP contribution in [0.2, 0.25) is 0 Å². The van der Waals surface area contributed by atoms with Gasteiger partial charge in [0.15, 0.2) is 5.65 Å². The highest BCUT2D eigenvalue weighted by atomic mass is 32.2. The Bertz CT molecular complexity index is 500. The van der Waals surface area contributed by atoms with Crippen molar-refractivity contribution in [1.29, 1.82) is 0 Å². The van der Waals surface area contributed by atoms with Gasteiger partial charge in [-0.1, -0.05) is 11.8 Å². The van der Waals surface area contributed by atoms with E-state index in [1.54, 1.807) is 18.1 Å². The van der Waals surface area contributed by atoms with E-state index in [0.717, 1.165) is 29.8 Å². The lowest BCUT2D eigenvalue weighted by atomic mass is 10.3. The molecule has 0 aliphatic heterocycles. The van der Waals surface area contributed by atoms with Gasteiger partial charge in [-0.25, -0.2) is 15.0 Å². The first-order valence-electron chi connectivity index (χ1n) is 5.33. The van der Waals surface area contributed by atoms with Crippen LogP contribution in [0.1, 0.15) is 19.3 Å². The van der Waals surface area contributed by atoms with Crippen LogP contribution in [0.15, 0.2) is 17.7 Å². The molecule has 1 aliphatic rings. The molecule has 2 N–H and O–H groups in total. The predicted molar refractivity (Wildman–Crippen MR) is 61.2 cm³/mol. The molecule has 2 atom stereocenters. The zero-order chi connectivity index (χ0) is 11.0. The third kappa shape index (κ3) is 1.68. The molecule has 0 bridgehead atoms. The minimum atomic E-state index is -0.210. The van der Waals surface area contributed by atoms with E-state index in [9.17, 15) is 5.11 Å². The molecule has 3 rings (SSSR count). The van der Waals surface area contributed by atoms with E-state index in [2.05, 4.69) is 19.9 Å². The Labute approximate surface area is 96.7 Å². The molecule has 2 heterocycles. The number of H-pyrrole nitrogens is 1. The van der Waals surface area contributed by atoms with Gasteiger partial charge in [-0.15, -0.1) is 0 Å². The van der Waals surface area contributed by atoms with Gasteiger partial charge in [0.25, 0.3) is 0 Å². The van der Waals surface area contributed by atoms with Gasteiger partial charge in [-0.3, -0.25) is 0 Å². The number of fused-ring (bicyclic) bond motifs is 1. The zero-order valence-electron chi connectivity index (χ0n) is 8.63. The monoisotopic (exact) mass is 236 g/mol. The van der Waals surface area contributed by atoms with Gasteiger partial charge in [-0.05, 0) is 19.3 Å². The van der Waals surface area contributed by atoms with Crippen molar-refractivity contribution >= 4 is 22.9 Å². The van der Waals surface area contributed by atoms with E-state index in [4.69, 9.17) is 0 Å². The van der Waals surface area contributed by atoms with Crippen molar-refractivity contribution in [3.63, 3.8) is 0 Å². The van der Waals surface area contributed by atoms with Gasteiger partial charge < -0.3 is 10.1 Å². The lowest BCUT2D eigenvalue weighted by molar-refractivity contribution is 0.188. The van der Waals surface area contributed by atoms with E-state index in [1.165, 1.54) is 6.33 Å². The molecule has 0 unspecified atom stereocenters. The molecule has 84 valence electrons. The van der Waals surface area contributed by atoms with Gasteiger partial charge in [0, 0.05) is 5.25 Å². The lowest BCUT2D eigenvalue weighted by Crippen LogP contribution is -2.15. The van der Waals surface area contributed by atoms with E-state index < -0.39 is 0 Å². The van der Waals surface area contributed by atoms with Crippen LogP contribution in [0, 0.1) is 0 Å². The standard InChI is InChI=1S/C10H12N4OS/c15-6-2-1-3-7(6)16-10-8-9(12-4-11-8)13-5-14-10/h4-7,15H,1-3H2,(H,11,12,13,14)/t6-,7-/m0/s1. The molecular formula is C10H12N4OS. The Balaban J connectivity index is 1.91. The van der Waals surface area contributed by atoms with Crippen molar-refractivity contribution in [2.24, 2.45) is 0 Å². The molecule has 0 spiro atoms. The molecule has 16 heavy (non-hydrogen) atoms. The van der Waals surface area contributed by atoms with Gasteiger partial charge in [0.05, 0.1) is 12.4 Å². The summed E-state index contributed by atoms with van der Waals surface area (Å²) in [5, 5.41) is 10.9. The SMILES string of the molecule is O[C@H]1CCC[C@@H]1Sc1ncnc2nc[nH]c12. The fraction of sp³-hybridized carbons (Fsp3) is 0.500. The number of aliphatic hydroxyl groups excluding tert-OH is 1. The van der Waals surface area contributed by atoms with Crippen LogP contribution >= 0.6 is 11.8 Å². The smallest absolute Gasteiger partial charge is 0.181 e. The van der Waals surface area contributed by atoms with Crippen LogP contribution in [0.5, 0.6) is 0 Å². The fourth-order valence-corrected chi connectivity index (χ4v) is 3.26. The second-order valence-electron chi connectivity index (χ2n) is 3.93. The third-order valence-electron chi connectivity index (χ3n) is 2.87. The molecule has 2 aromatic heterocycles. The fourth-order valence-electron chi connectivity index (χ4n) is 2.02. The quantitative estimate of drug-likeness (QED) is 0.770. The van der Waals surface area contributed by atoms with Crippen LogP contribution in [-0.2, 0) is 0 Å². The van der Waals surface area contributed by atoms with E-state index in [0.29, 0.717) is 5.65 Å². The zero-order valence-corrected chi connectivity index (χ0v) is 9.44. The van der Waals surface area contributed by atoms with Crippen LogP contribution in [-0.4, -0.2) is 36.4 Å². The number of thioether (sulfide) groups is 1. The number of hydrogen-bond donors (Lipinski definition) is 2. The van der Waals surface area contributed by atoms with Crippen molar-refractivity contribution in [3.8, 4) is 0 Å². The molecule has 6 heteroatoms. The normalized spacial score (nSPS) is 25.3. The first-order valence-corrected chi connectivity index (χ1v) is 6.21. The minimum absolute atomic E-state index is 0.210. The molecule has 0 saturated heterocycles. The molecular weight excluding hydrogens is 224 g/mol. The highest BCUT2D eigenvalue weighted by Gasteiger charge is 2.27. The van der Waals surface area contributed by atoms with Crippen molar-refractivity contribution in [3.05, 3.63) is 12.7 Å². The van der Waals surface area contributed by atoms with Crippen molar-refractivity contribution in [2.75, 3.05) is 0 Å². The summed E-state index contributed by atoms with van der Waals surface area (Å²) in [4.78, 5) is 15.4. The van der Waals surface area contributed by atoms with Gasteiger partial charge >= 0.3 is 0 Å². The topological polar surface area (TPSA) is 74.7 Å². The largest absolute Gasteiger partial charge is 0.392 e. The summed E-state index contributed by atoms with van der Waals surface area (Å²) in [6.07, 6.45) is 5.97. The molecule has 0 aromatic carbocycles. The number of nitrogens with zero attached hydrogens (tertiary/aromatic N) is 3. The van der Waals surface area contributed by atoms with Crippen LogP contribution < -0.4 is 0 Å². The number of aromatic amines is 1. The summed E-state index contributed by atoms with van der Waals surface area (Å²) < 4.78 is 0. The second-order valence-corrected chi connectivity index (χ2v) is 5.16. The number of aromatic nitrogens is 4. The number of rotatable bonds is 2. The Hall–Kier alpha value is -1.14. The van der Waals surface area contributed by atoms with E-state index >= 15 is 0 Å².